The molecule has 9 heteroatoms. The fourth-order valence-corrected chi connectivity index (χ4v) is 2.46. The van der Waals surface area contributed by atoms with Crippen molar-refractivity contribution in [3.05, 3.63) is 0 Å². The summed E-state index contributed by atoms with van der Waals surface area (Å²) in [6.07, 6.45) is -4.51. The first-order valence-electron chi connectivity index (χ1n) is 7.48. The van der Waals surface area contributed by atoms with Gasteiger partial charge >= 0.3 is 12.1 Å². The number of alkyl halides is 3. The second-order valence-corrected chi connectivity index (χ2v) is 5.65. The molecule has 1 unspecified atom stereocenters. The van der Waals surface area contributed by atoms with Gasteiger partial charge in [0.1, 0.15) is 0 Å². The topological polar surface area (TPSA) is 86.7 Å². The number of hydrogen-bond acceptors (Lipinski definition) is 3. The fourth-order valence-electron chi connectivity index (χ4n) is 2.46. The first-order valence-corrected chi connectivity index (χ1v) is 7.48. The number of aliphatic carboxylic acids is 1. The van der Waals surface area contributed by atoms with Crippen molar-refractivity contribution < 1.29 is 32.7 Å². The summed E-state index contributed by atoms with van der Waals surface area (Å²) in [6.45, 7) is 1.32. The van der Waals surface area contributed by atoms with Crippen LogP contribution in [0.5, 0.6) is 0 Å². The van der Waals surface area contributed by atoms with E-state index in [0.29, 0.717) is 6.54 Å². The zero-order chi connectivity index (χ0) is 17.7. The Morgan fingerprint density at radius 3 is 2.39 bits per heavy atom. The van der Waals surface area contributed by atoms with Gasteiger partial charge in [-0.2, -0.15) is 13.2 Å². The van der Waals surface area contributed by atoms with Gasteiger partial charge < -0.3 is 15.3 Å². The lowest BCUT2D eigenvalue weighted by Gasteiger charge is -2.27. The maximum atomic E-state index is 13.0. The maximum Gasteiger partial charge on any atom is 0.406 e. The molecule has 2 N–H and O–H groups in total. The Morgan fingerprint density at radius 1 is 1.26 bits per heavy atom. The number of nitrogens with one attached hydrogen (secondary N) is 1. The predicted molar refractivity (Wildman–Crippen MR) is 74.5 cm³/mol. The number of carbonyl (C=O) groups is 3. The molecule has 2 amide bonds. The molecule has 0 radical (unpaired) electrons. The summed E-state index contributed by atoms with van der Waals surface area (Å²) in [5.74, 6) is -2.73. The van der Waals surface area contributed by atoms with Gasteiger partial charge in [0.2, 0.25) is 11.8 Å². The van der Waals surface area contributed by atoms with E-state index in [4.69, 9.17) is 5.11 Å². The molecule has 1 rings (SSSR count). The largest absolute Gasteiger partial charge is 0.481 e. The molecule has 23 heavy (non-hydrogen) atoms. The normalized spacial score (nSPS) is 21.3. The van der Waals surface area contributed by atoms with Crippen LogP contribution in [-0.2, 0) is 14.4 Å². The average Bonchev–Trinajstić information content (AvgIpc) is 2.91. The summed E-state index contributed by atoms with van der Waals surface area (Å²) in [5, 5.41) is 11.6. The molecule has 0 aliphatic carbocycles. The Bertz CT molecular complexity index is 467. The number of carbonyl (C=O) groups excluding carboxylic acids is 2. The van der Waals surface area contributed by atoms with Crippen LogP contribution in [0.2, 0.25) is 0 Å². The molecule has 1 saturated heterocycles. The Balaban J connectivity index is 2.51. The highest BCUT2D eigenvalue weighted by molar-refractivity contribution is 5.82. The first kappa shape index (κ1) is 19.2. The summed E-state index contributed by atoms with van der Waals surface area (Å²) in [7, 11) is 0. The Hall–Kier alpha value is -1.80. The molecular weight excluding hydrogens is 317 g/mol. The molecule has 1 aliphatic rings. The van der Waals surface area contributed by atoms with Crippen molar-refractivity contribution in [1.82, 2.24) is 10.2 Å². The third-order valence-electron chi connectivity index (χ3n) is 3.94. The summed E-state index contributed by atoms with van der Waals surface area (Å²) < 4.78 is 39.0. The second kappa shape index (κ2) is 7.65. The van der Waals surface area contributed by atoms with Gasteiger partial charge in [0, 0.05) is 32.5 Å². The van der Waals surface area contributed by atoms with Crippen molar-refractivity contribution in [3.63, 3.8) is 0 Å². The van der Waals surface area contributed by atoms with E-state index in [9.17, 15) is 27.6 Å². The quantitative estimate of drug-likeness (QED) is 0.737. The maximum absolute atomic E-state index is 13.0. The minimum Gasteiger partial charge on any atom is -0.481 e. The molecule has 6 nitrogen and oxygen atoms in total. The van der Waals surface area contributed by atoms with Crippen LogP contribution in [0.15, 0.2) is 0 Å². The Kier molecular flexibility index (Phi) is 6.40. The van der Waals surface area contributed by atoms with E-state index in [2.05, 4.69) is 5.32 Å². The smallest absolute Gasteiger partial charge is 0.406 e. The van der Waals surface area contributed by atoms with Gasteiger partial charge in [0.25, 0.3) is 0 Å². The van der Waals surface area contributed by atoms with Crippen LogP contribution in [0, 0.1) is 5.41 Å². The van der Waals surface area contributed by atoms with Crippen molar-refractivity contribution in [2.75, 3.05) is 19.6 Å². The fraction of sp³-hybridized carbons (Fsp3) is 0.786. The molecule has 0 saturated carbocycles. The van der Waals surface area contributed by atoms with Crippen molar-refractivity contribution in [2.45, 2.75) is 45.2 Å². The molecule has 1 fully saturated rings. The van der Waals surface area contributed by atoms with Gasteiger partial charge in [-0.15, -0.1) is 0 Å². The third kappa shape index (κ3) is 4.59. The van der Waals surface area contributed by atoms with Crippen molar-refractivity contribution in [3.8, 4) is 0 Å². The van der Waals surface area contributed by atoms with Crippen LogP contribution in [0.4, 0.5) is 13.2 Å². The molecule has 0 aromatic carbocycles. The minimum absolute atomic E-state index is 0.0763. The number of rotatable bonds is 7. The highest BCUT2D eigenvalue weighted by atomic mass is 19.4. The molecule has 0 spiro atoms. The number of likely N-dealkylation sites (tertiary alicyclic amines) is 1. The summed E-state index contributed by atoms with van der Waals surface area (Å²) in [6, 6.07) is 0. The number of halogens is 3. The molecule has 1 aliphatic heterocycles. The van der Waals surface area contributed by atoms with Crippen LogP contribution >= 0.6 is 0 Å². The lowest BCUT2D eigenvalue weighted by atomic mass is 9.86. The number of carboxylic acids is 1. The van der Waals surface area contributed by atoms with E-state index in [0.717, 1.165) is 11.3 Å². The van der Waals surface area contributed by atoms with Crippen molar-refractivity contribution >= 4 is 17.8 Å². The lowest BCUT2D eigenvalue weighted by Crippen LogP contribution is -2.47. The molecule has 1 atom stereocenters. The monoisotopic (exact) mass is 338 g/mol. The summed E-state index contributed by atoms with van der Waals surface area (Å²) >= 11 is 0. The molecule has 0 bridgehead atoms. The predicted octanol–water partition coefficient (Wildman–Crippen LogP) is 1.55. The van der Waals surface area contributed by atoms with Crippen molar-refractivity contribution in [2.24, 2.45) is 5.41 Å². The molecule has 0 aromatic rings. The zero-order valence-electron chi connectivity index (χ0n) is 12.9. The third-order valence-corrected chi connectivity index (χ3v) is 3.94. The number of amides is 2. The number of hydrogen-bond donors (Lipinski definition) is 2. The minimum atomic E-state index is -4.91. The van der Waals surface area contributed by atoms with E-state index in [1.165, 1.54) is 0 Å². The molecule has 1 heterocycles. The summed E-state index contributed by atoms with van der Waals surface area (Å²) in [5.41, 5.74) is -2.89. The number of nitrogens with zero attached hydrogens (tertiary/aromatic N) is 1. The van der Waals surface area contributed by atoms with Gasteiger partial charge in [0.05, 0.1) is 0 Å². The van der Waals surface area contributed by atoms with Crippen LogP contribution in [0.3, 0.4) is 0 Å². The van der Waals surface area contributed by atoms with Gasteiger partial charge in [-0.05, 0) is 19.3 Å². The van der Waals surface area contributed by atoms with Gasteiger partial charge in [0.15, 0.2) is 5.41 Å². The molecular formula is C14H21F3N2O4. The Labute approximate surface area is 132 Å². The molecule has 132 valence electrons. The summed E-state index contributed by atoms with van der Waals surface area (Å²) in [4.78, 5) is 35.2. The SMILES string of the molecule is CCCNC(=O)CCCC(=O)N1CCC(C(=O)O)(C(F)(F)F)C1. The zero-order valence-corrected chi connectivity index (χ0v) is 12.9. The second-order valence-electron chi connectivity index (χ2n) is 5.65. The van der Waals surface area contributed by atoms with Crippen LogP contribution in [0.25, 0.3) is 0 Å². The lowest BCUT2D eigenvalue weighted by molar-refractivity contribution is -0.227. The van der Waals surface area contributed by atoms with Crippen LogP contribution < -0.4 is 5.32 Å². The van der Waals surface area contributed by atoms with Gasteiger partial charge in [-0.3, -0.25) is 14.4 Å². The molecule has 0 aromatic heterocycles. The average molecular weight is 338 g/mol. The standard InChI is InChI=1S/C14H21F3N2O4/c1-2-7-18-10(20)4-3-5-11(21)19-8-6-13(9-19,12(22)23)14(15,16)17/h2-9H2,1H3,(H,18,20)(H,22,23). The highest BCUT2D eigenvalue weighted by Crippen LogP contribution is 2.45. The highest BCUT2D eigenvalue weighted by Gasteiger charge is 2.64. The van der Waals surface area contributed by atoms with E-state index in [-0.39, 0.29) is 31.7 Å². The van der Waals surface area contributed by atoms with E-state index in [1.807, 2.05) is 6.92 Å². The van der Waals surface area contributed by atoms with Gasteiger partial charge in [-0.1, -0.05) is 6.92 Å². The van der Waals surface area contributed by atoms with Crippen LogP contribution in [0.1, 0.15) is 39.0 Å². The number of carboxylic acid groups (broad SMARTS) is 1. The van der Waals surface area contributed by atoms with E-state index in [1.54, 1.807) is 0 Å². The van der Waals surface area contributed by atoms with Crippen molar-refractivity contribution in [1.29, 1.82) is 0 Å². The van der Waals surface area contributed by atoms with E-state index < -0.39 is 36.4 Å². The van der Waals surface area contributed by atoms with E-state index >= 15 is 0 Å². The first-order chi connectivity index (χ1) is 10.6. The van der Waals surface area contributed by atoms with Crippen LogP contribution in [-0.4, -0.2) is 53.6 Å². The van der Waals surface area contributed by atoms with Gasteiger partial charge in [-0.25, -0.2) is 0 Å². The Morgan fingerprint density at radius 2 is 1.91 bits per heavy atom.